The molecule has 0 radical (unpaired) electrons. The molecule has 1 atom stereocenters. The summed E-state index contributed by atoms with van der Waals surface area (Å²) in [6.45, 7) is 2.34. The summed E-state index contributed by atoms with van der Waals surface area (Å²) >= 11 is 1.98. The summed E-state index contributed by atoms with van der Waals surface area (Å²) in [5.74, 6) is 3.04. The van der Waals surface area contributed by atoms with Crippen LogP contribution in [0.2, 0.25) is 0 Å². The van der Waals surface area contributed by atoms with Gasteiger partial charge in [-0.15, -0.1) is 0 Å². The maximum atomic E-state index is 2.55. The zero-order chi connectivity index (χ0) is 15.2. The Morgan fingerprint density at radius 2 is 1.73 bits per heavy atom. The van der Waals surface area contributed by atoms with E-state index in [0.29, 0.717) is 0 Å². The lowest BCUT2D eigenvalue weighted by Crippen LogP contribution is -2.23. The van der Waals surface area contributed by atoms with Gasteiger partial charge in [0.1, 0.15) is 0 Å². The van der Waals surface area contributed by atoms with Crippen LogP contribution in [-0.2, 0) is 0 Å². The van der Waals surface area contributed by atoms with Crippen LogP contribution in [0.4, 0.5) is 0 Å². The van der Waals surface area contributed by atoms with Crippen LogP contribution in [0.5, 0.6) is 0 Å². The molecule has 3 rings (SSSR count). The van der Waals surface area contributed by atoms with Crippen LogP contribution < -0.4 is 0 Å². The molecule has 0 amide bonds. The summed E-state index contributed by atoms with van der Waals surface area (Å²) < 4.78 is 0. The highest BCUT2D eigenvalue weighted by molar-refractivity contribution is 8.03. The van der Waals surface area contributed by atoms with Crippen molar-refractivity contribution in [1.29, 1.82) is 0 Å². The number of thioether (sulfide) groups is 1. The molecule has 120 valence electrons. The van der Waals surface area contributed by atoms with Gasteiger partial charge in [-0.25, -0.2) is 0 Å². The molecule has 22 heavy (non-hydrogen) atoms. The Kier molecular flexibility index (Phi) is 6.06. The molecule has 1 heteroatoms. The zero-order valence-electron chi connectivity index (χ0n) is 14.0. The van der Waals surface area contributed by atoms with Gasteiger partial charge in [0.2, 0.25) is 0 Å². The number of hydrogen-bond donors (Lipinski definition) is 0. The first-order chi connectivity index (χ1) is 10.8. The van der Waals surface area contributed by atoms with Gasteiger partial charge in [-0.05, 0) is 66.9 Å². The summed E-state index contributed by atoms with van der Waals surface area (Å²) in [7, 11) is 0. The molecule has 0 aromatic heterocycles. The van der Waals surface area contributed by atoms with Crippen LogP contribution >= 0.6 is 11.8 Å². The topological polar surface area (TPSA) is 0 Å². The minimum absolute atomic E-state index is 0.975. The Hall–Kier alpha value is -0.690. The largest absolute Gasteiger partial charge is 0.0949 e. The third kappa shape index (κ3) is 4.41. The molecule has 2 aliphatic carbocycles. The molecular formula is C21H30S. The van der Waals surface area contributed by atoms with Gasteiger partial charge in [-0.3, -0.25) is 0 Å². The van der Waals surface area contributed by atoms with Crippen molar-refractivity contribution in [2.75, 3.05) is 0 Å². The molecule has 1 unspecified atom stereocenters. The van der Waals surface area contributed by atoms with Crippen molar-refractivity contribution in [3.8, 4) is 0 Å². The monoisotopic (exact) mass is 314 g/mol. The maximum Gasteiger partial charge on any atom is 0.0118 e. The molecule has 1 fully saturated rings. The van der Waals surface area contributed by atoms with Crippen molar-refractivity contribution >= 4 is 11.8 Å². The van der Waals surface area contributed by atoms with Crippen LogP contribution in [0, 0.1) is 17.8 Å². The molecule has 0 aliphatic heterocycles. The standard InChI is InChI=1S/C21H30S/c1-2-6-17-9-11-18(12-10-17)19-13-15-21(16-14-19)22-20-7-4-3-5-8-20/h3-5,7-8,15,17-19H,2,6,9-14,16H2,1H3. The van der Waals surface area contributed by atoms with Crippen molar-refractivity contribution in [2.45, 2.75) is 69.6 Å². The molecule has 1 aromatic carbocycles. The molecule has 0 spiro atoms. The highest BCUT2D eigenvalue weighted by atomic mass is 32.2. The molecule has 0 saturated heterocycles. The Balaban J connectivity index is 1.47. The average Bonchev–Trinajstić information content (AvgIpc) is 2.58. The maximum absolute atomic E-state index is 2.55. The second-order valence-electron chi connectivity index (χ2n) is 7.19. The van der Waals surface area contributed by atoms with Crippen LogP contribution in [0.15, 0.2) is 46.2 Å². The zero-order valence-corrected chi connectivity index (χ0v) is 14.8. The van der Waals surface area contributed by atoms with E-state index >= 15 is 0 Å². The summed E-state index contributed by atoms with van der Waals surface area (Å²) in [4.78, 5) is 2.99. The quantitative estimate of drug-likeness (QED) is 0.560. The number of hydrogen-bond acceptors (Lipinski definition) is 1. The van der Waals surface area contributed by atoms with E-state index in [1.165, 1.54) is 62.7 Å². The van der Waals surface area contributed by atoms with Crippen molar-refractivity contribution in [1.82, 2.24) is 0 Å². The molecular weight excluding hydrogens is 284 g/mol. The Morgan fingerprint density at radius 3 is 2.36 bits per heavy atom. The van der Waals surface area contributed by atoms with Crippen LogP contribution in [0.3, 0.4) is 0 Å². The summed E-state index contributed by atoms with van der Waals surface area (Å²) in [6, 6.07) is 10.8. The predicted molar refractivity (Wildman–Crippen MR) is 98.1 cm³/mol. The lowest BCUT2D eigenvalue weighted by atomic mass is 9.71. The smallest absolute Gasteiger partial charge is 0.0118 e. The summed E-state index contributed by atoms with van der Waals surface area (Å²) in [5.41, 5.74) is 0. The Morgan fingerprint density at radius 1 is 0.955 bits per heavy atom. The number of allylic oxidation sites excluding steroid dienone is 2. The van der Waals surface area contributed by atoms with E-state index in [9.17, 15) is 0 Å². The Labute approximate surface area is 140 Å². The van der Waals surface area contributed by atoms with Crippen molar-refractivity contribution < 1.29 is 0 Å². The van der Waals surface area contributed by atoms with E-state index in [0.717, 1.165) is 17.8 Å². The van der Waals surface area contributed by atoms with Gasteiger partial charge in [-0.2, -0.15) is 0 Å². The number of benzene rings is 1. The van der Waals surface area contributed by atoms with Crippen molar-refractivity contribution in [3.63, 3.8) is 0 Å². The van der Waals surface area contributed by atoms with Gasteiger partial charge in [0.15, 0.2) is 0 Å². The van der Waals surface area contributed by atoms with E-state index in [-0.39, 0.29) is 0 Å². The predicted octanol–water partition coefficient (Wildman–Crippen LogP) is 7.07. The molecule has 0 heterocycles. The fourth-order valence-corrected chi connectivity index (χ4v) is 5.34. The highest BCUT2D eigenvalue weighted by Crippen LogP contribution is 2.43. The minimum atomic E-state index is 0.975. The molecule has 0 nitrogen and oxygen atoms in total. The third-order valence-corrected chi connectivity index (χ3v) is 6.80. The van der Waals surface area contributed by atoms with Crippen molar-refractivity contribution in [2.24, 2.45) is 17.8 Å². The molecule has 1 saturated carbocycles. The lowest BCUT2D eigenvalue weighted by Gasteiger charge is -2.35. The first-order valence-electron chi connectivity index (χ1n) is 9.27. The van der Waals surface area contributed by atoms with E-state index in [1.807, 2.05) is 11.8 Å². The fraction of sp³-hybridized carbons (Fsp3) is 0.619. The summed E-state index contributed by atoms with van der Waals surface area (Å²) in [6.07, 6.45) is 15.5. The van der Waals surface area contributed by atoms with Crippen LogP contribution in [-0.4, -0.2) is 0 Å². The van der Waals surface area contributed by atoms with Gasteiger partial charge in [0, 0.05) is 4.90 Å². The second-order valence-corrected chi connectivity index (χ2v) is 8.39. The van der Waals surface area contributed by atoms with Gasteiger partial charge in [0.25, 0.3) is 0 Å². The van der Waals surface area contributed by atoms with Gasteiger partial charge < -0.3 is 0 Å². The highest BCUT2D eigenvalue weighted by Gasteiger charge is 2.28. The molecule has 0 N–H and O–H groups in total. The van der Waals surface area contributed by atoms with Crippen LogP contribution in [0.1, 0.15) is 64.7 Å². The minimum Gasteiger partial charge on any atom is -0.0949 e. The third-order valence-electron chi connectivity index (χ3n) is 5.66. The van der Waals surface area contributed by atoms with E-state index in [2.05, 4.69) is 43.3 Å². The van der Waals surface area contributed by atoms with Crippen molar-refractivity contribution in [3.05, 3.63) is 41.3 Å². The van der Waals surface area contributed by atoms with E-state index in [4.69, 9.17) is 0 Å². The van der Waals surface area contributed by atoms with E-state index in [1.54, 1.807) is 4.91 Å². The van der Waals surface area contributed by atoms with Gasteiger partial charge in [-0.1, -0.05) is 68.6 Å². The van der Waals surface area contributed by atoms with E-state index < -0.39 is 0 Å². The summed E-state index contributed by atoms with van der Waals surface area (Å²) in [5, 5.41) is 0. The van der Waals surface area contributed by atoms with Crippen LogP contribution in [0.25, 0.3) is 0 Å². The number of rotatable bonds is 5. The van der Waals surface area contributed by atoms with Gasteiger partial charge in [0.05, 0.1) is 0 Å². The SMILES string of the molecule is CCCC1CCC(C2CC=C(Sc3ccccc3)CC2)CC1. The lowest BCUT2D eigenvalue weighted by molar-refractivity contribution is 0.188. The Bertz CT molecular complexity index is 468. The molecule has 2 aliphatic rings. The molecule has 0 bridgehead atoms. The van der Waals surface area contributed by atoms with Gasteiger partial charge >= 0.3 is 0 Å². The average molecular weight is 315 g/mol. The normalized spacial score (nSPS) is 29.1. The second kappa shape index (κ2) is 8.24. The fourth-order valence-electron chi connectivity index (χ4n) is 4.35. The first kappa shape index (κ1) is 16.2. The molecule has 1 aromatic rings. The first-order valence-corrected chi connectivity index (χ1v) is 10.1.